The molecule has 0 heterocycles. The summed E-state index contributed by atoms with van der Waals surface area (Å²) < 4.78 is 0. The molecule has 0 atom stereocenters. The van der Waals surface area contributed by atoms with E-state index in [1.54, 1.807) is 6.07 Å². The molecule has 0 amide bonds. The van der Waals surface area contributed by atoms with Crippen molar-refractivity contribution >= 4 is 23.0 Å². The molecule has 0 unspecified atom stereocenters. The van der Waals surface area contributed by atoms with Crippen molar-refractivity contribution in [1.29, 1.82) is 0 Å². The van der Waals surface area contributed by atoms with Crippen LogP contribution < -0.4 is 4.90 Å². The predicted octanol–water partition coefficient (Wildman–Crippen LogP) is 4.22. The molecule has 100 valence electrons. The summed E-state index contributed by atoms with van der Waals surface area (Å²) in [5.74, 6) is 0. The van der Waals surface area contributed by atoms with E-state index in [0.717, 1.165) is 16.9 Å². The van der Waals surface area contributed by atoms with Crippen molar-refractivity contribution < 1.29 is 5.11 Å². The summed E-state index contributed by atoms with van der Waals surface area (Å²) >= 11 is 6.28. The largest absolute Gasteiger partial charge is 0.392 e. The number of aliphatic hydroxyl groups is 1. The van der Waals surface area contributed by atoms with Crippen LogP contribution in [0.5, 0.6) is 0 Å². The lowest BCUT2D eigenvalue weighted by Gasteiger charge is -2.23. The van der Waals surface area contributed by atoms with Crippen molar-refractivity contribution in [3.63, 3.8) is 0 Å². The fraction of sp³-hybridized carbons (Fsp3) is 0.250. The van der Waals surface area contributed by atoms with Crippen LogP contribution in [0.15, 0.2) is 36.4 Å². The smallest absolute Gasteiger partial charge is 0.0682 e. The standard InChI is InChI=1S/C16H18ClNO/c1-11-4-6-15(12(2)8-11)18(3)16-7-5-13(10-19)9-14(16)17/h4-9,19H,10H2,1-3H3. The second-order valence-electron chi connectivity index (χ2n) is 4.79. The number of aryl methyl sites for hydroxylation is 2. The van der Waals surface area contributed by atoms with Gasteiger partial charge in [0.05, 0.1) is 17.3 Å². The van der Waals surface area contributed by atoms with E-state index in [2.05, 4.69) is 36.9 Å². The molecule has 0 aliphatic heterocycles. The average Bonchev–Trinajstić information content (AvgIpc) is 2.37. The van der Waals surface area contributed by atoms with Crippen molar-refractivity contribution in [2.45, 2.75) is 20.5 Å². The van der Waals surface area contributed by atoms with Crippen molar-refractivity contribution in [2.24, 2.45) is 0 Å². The Morgan fingerprint density at radius 1 is 1.05 bits per heavy atom. The van der Waals surface area contributed by atoms with E-state index in [4.69, 9.17) is 16.7 Å². The Balaban J connectivity index is 2.41. The van der Waals surface area contributed by atoms with Gasteiger partial charge >= 0.3 is 0 Å². The maximum absolute atomic E-state index is 9.11. The highest BCUT2D eigenvalue weighted by atomic mass is 35.5. The number of halogens is 1. The Hall–Kier alpha value is -1.51. The van der Waals surface area contributed by atoms with Crippen molar-refractivity contribution in [2.75, 3.05) is 11.9 Å². The number of benzene rings is 2. The molecule has 2 aromatic rings. The van der Waals surface area contributed by atoms with Gasteiger partial charge in [-0.2, -0.15) is 0 Å². The highest BCUT2D eigenvalue weighted by molar-refractivity contribution is 6.33. The van der Waals surface area contributed by atoms with Gasteiger partial charge in [-0.15, -0.1) is 0 Å². The number of aliphatic hydroxyl groups excluding tert-OH is 1. The molecular weight excluding hydrogens is 258 g/mol. The maximum Gasteiger partial charge on any atom is 0.0682 e. The van der Waals surface area contributed by atoms with Crippen LogP contribution in [0.25, 0.3) is 0 Å². The van der Waals surface area contributed by atoms with E-state index < -0.39 is 0 Å². The van der Waals surface area contributed by atoms with Gasteiger partial charge in [0.1, 0.15) is 0 Å². The summed E-state index contributed by atoms with van der Waals surface area (Å²) in [5, 5.41) is 9.76. The Bertz CT molecular complexity index is 595. The molecule has 2 nitrogen and oxygen atoms in total. The topological polar surface area (TPSA) is 23.5 Å². The minimum absolute atomic E-state index is 0.00722. The van der Waals surface area contributed by atoms with Crippen LogP contribution in [0, 0.1) is 13.8 Å². The molecule has 2 rings (SSSR count). The summed E-state index contributed by atoms with van der Waals surface area (Å²) in [6.07, 6.45) is 0. The minimum atomic E-state index is 0.00722. The van der Waals surface area contributed by atoms with Crippen LogP contribution in [-0.4, -0.2) is 12.2 Å². The van der Waals surface area contributed by atoms with Gasteiger partial charge in [-0.3, -0.25) is 0 Å². The third-order valence-electron chi connectivity index (χ3n) is 3.27. The summed E-state index contributed by atoms with van der Waals surface area (Å²) in [6, 6.07) is 12.0. The van der Waals surface area contributed by atoms with Crippen molar-refractivity contribution in [1.82, 2.24) is 0 Å². The van der Waals surface area contributed by atoms with Gasteiger partial charge in [-0.25, -0.2) is 0 Å². The molecule has 3 heteroatoms. The first-order chi connectivity index (χ1) is 9.02. The van der Waals surface area contributed by atoms with Gasteiger partial charge in [0.15, 0.2) is 0 Å². The second-order valence-corrected chi connectivity index (χ2v) is 5.20. The monoisotopic (exact) mass is 275 g/mol. The third kappa shape index (κ3) is 2.91. The first-order valence-electron chi connectivity index (χ1n) is 6.23. The van der Waals surface area contributed by atoms with Crippen molar-refractivity contribution in [3.05, 3.63) is 58.1 Å². The molecule has 0 aliphatic carbocycles. The molecule has 0 radical (unpaired) electrons. The molecule has 0 aliphatic rings. The third-order valence-corrected chi connectivity index (χ3v) is 3.57. The lowest BCUT2D eigenvalue weighted by atomic mass is 10.1. The summed E-state index contributed by atoms with van der Waals surface area (Å²) in [4.78, 5) is 2.07. The maximum atomic E-state index is 9.11. The second kappa shape index (κ2) is 5.64. The fourth-order valence-electron chi connectivity index (χ4n) is 2.23. The molecule has 19 heavy (non-hydrogen) atoms. The van der Waals surface area contributed by atoms with Gasteiger partial charge in [0.25, 0.3) is 0 Å². The fourth-order valence-corrected chi connectivity index (χ4v) is 2.56. The number of nitrogens with zero attached hydrogens (tertiary/aromatic N) is 1. The van der Waals surface area contributed by atoms with Gasteiger partial charge < -0.3 is 10.0 Å². The zero-order chi connectivity index (χ0) is 14.0. The van der Waals surface area contributed by atoms with Crippen LogP contribution in [0.3, 0.4) is 0 Å². The van der Waals surface area contributed by atoms with Gasteiger partial charge in [-0.1, -0.05) is 35.4 Å². The highest BCUT2D eigenvalue weighted by Crippen LogP contribution is 2.33. The quantitative estimate of drug-likeness (QED) is 0.907. The lowest BCUT2D eigenvalue weighted by Crippen LogP contribution is -2.11. The van der Waals surface area contributed by atoms with E-state index >= 15 is 0 Å². The van der Waals surface area contributed by atoms with Crippen LogP contribution >= 0.6 is 11.6 Å². The Kier molecular flexibility index (Phi) is 4.13. The molecule has 0 fully saturated rings. The Morgan fingerprint density at radius 2 is 1.74 bits per heavy atom. The lowest BCUT2D eigenvalue weighted by molar-refractivity contribution is 0.282. The minimum Gasteiger partial charge on any atom is -0.392 e. The van der Waals surface area contributed by atoms with Gasteiger partial charge in [-0.05, 0) is 43.2 Å². The molecule has 0 spiro atoms. The zero-order valence-corrected chi connectivity index (χ0v) is 12.2. The first-order valence-corrected chi connectivity index (χ1v) is 6.61. The van der Waals surface area contributed by atoms with E-state index in [9.17, 15) is 0 Å². The molecule has 0 saturated carbocycles. The molecular formula is C16H18ClNO. The number of hydrogen-bond donors (Lipinski definition) is 1. The van der Waals surface area contributed by atoms with Crippen LogP contribution in [0.1, 0.15) is 16.7 Å². The predicted molar refractivity (Wildman–Crippen MR) is 81.4 cm³/mol. The molecule has 2 aromatic carbocycles. The van der Waals surface area contributed by atoms with Crippen molar-refractivity contribution in [3.8, 4) is 0 Å². The van der Waals surface area contributed by atoms with Crippen LogP contribution in [0.2, 0.25) is 5.02 Å². The van der Waals surface area contributed by atoms with E-state index in [1.165, 1.54) is 11.1 Å². The van der Waals surface area contributed by atoms with E-state index in [0.29, 0.717) is 5.02 Å². The Labute approximate surface area is 119 Å². The highest BCUT2D eigenvalue weighted by Gasteiger charge is 2.10. The Morgan fingerprint density at radius 3 is 2.32 bits per heavy atom. The summed E-state index contributed by atoms with van der Waals surface area (Å²) in [7, 11) is 2.00. The summed E-state index contributed by atoms with van der Waals surface area (Å²) in [6.45, 7) is 4.18. The molecule has 1 N–H and O–H groups in total. The first kappa shape index (κ1) is 13.9. The van der Waals surface area contributed by atoms with Gasteiger partial charge in [0.2, 0.25) is 0 Å². The van der Waals surface area contributed by atoms with E-state index in [-0.39, 0.29) is 6.61 Å². The van der Waals surface area contributed by atoms with E-state index in [1.807, 2.05) is 19.2 Å². The molecule has 0 saturated heterocycles. The SMILES string of the molecule is Cc1ccc(N(C)c2ccc(CO)cc2Cl)c(C)c1. The molecule has 0 bridgehead atoms. The van der Waals surface area contributed by atoms with Gasteiger partial charge in [0, 0.05) is 12.7 Å². The normalized spacial score (nSPS) is 10.6. The van der Waals surface area contributed by atoms with Crippen LogP contribution in [-0.2, 0) is 6.61 Å². The number of hydrogen-bond acceptors (Lipinski definition) is 2. The number of anilines is 2. The zero-order valence-electron chi connectivity index (χ0n) is 11.4. The number of rotatable bonds is 3. The van der Waals surface area contributed by atoms with Crippen LogP contribution in [0.4, 0.5) is 11.4 Å². The summed E-state index contributed by atoms with van der Waals surface area (Å²) in [5.41, 5.74) is 5.35. The average molecular weight is 276 g/mol. The molecule has 0 aromatic heterocycles.